The molecule has 2 aliphatic carbocycles. The quantitative estimate of drug-likeness (QED) is 0.161. The Labute approximate surface area is 428 Å². The zero-order valence-electron chi connectivity index (χ0n) is 45.0. The van der Waals surface area contributed by atoms with Crippen molar-refractivity contribution in [2.45, 2.75) is 155 Å². The predicted octanol–water partition coefficient (Wildman–Crippen LogP) is 12.6. The van der Waals surface area contributed by atoms with Gasteiger partial charge >= 0.3 is 0 Å². The molecule has 6 heterocycles. The largest absolute Gasteiger partial charge is 0.440 e. The number of hydrogen-bond acceptors (Lipinski definition) is 6. The molecule has 0 saturated carbocycles. The van der Waals surface area contributed by atoms with Gasteiger partial charge in [0.2, 0.25) is 11.8 Å². The SMILES string of the molecule is CC(C)(C)c1cc2c3c(n1)Oc1cc4c(cc1B3c1ccccc1N2c1ccc2c(c1)C(C)(C)CCC2(C)C)B1c2ccccc2N(c2ccc3c(c2)C(C)(C)CCC3(C)C)c2cc(C(C)(C)C)nc(c21)O4. The molecular formula is C64H68B2N4O2. The third-order valence-corrected chi connectivity index (χ3v) is 17.9. The molecule has 362 valence electrons. The molecule has 6 nitrogen and oxygen atoms in total. The van der Waals surface area contributed by atoms with E-state index in [0.717, 1.165) is 69.0 Å². The van der Waals surface area contributed by atoms with Crippen molar-refractivity contribution >= 4 is 80.3 Å². The molecule has 0 saturated heterocycles. The van der Waals surface area contributed by atoms with Crippen LogP contribution in [0, 0.1) is 0 Å². The highest BCUT2D eigenvalue weighted by Crippen LogP contribution is 2.52. The van der Waals surface area contributed by atoms with Gasteiger partial charge in [-0.25, -0.2) is 9.97 Å². The molecule has 0 N–H and O–H groups in total. The molecule has 0 atom stereocenters. The van der Waals surface area contributed by atoms with Crippen LogP contribution in [-0.4, -0.2) is 23.4 Å². The van der Waals surface area contributed by atoms with Crippen LogP contribution >= 0.6 is 0 Å². The highest BCUT2D eigenvalue weighted by Gasteiger charge is 2.49. The first-order chi connectivity index (χ1) is 33.9. The van der Waals surface area contributed by atoms with Gasteiger partial charge in [-0.1, -0.05) is 152 Å². The minimum Gasteiger partial charge on any atom is -0.440 e. The molecule has 0 amide bonds. The summed E-state index contributed by atoms with van der Waals surface area (Å²) < 4.78 is 14.4. The van der Waals surface area contributed by atoms with E-state index < -0.39 is 0 Å². The monoisotopic (exact) mass is 947 g/mol. The molecule has 5 aromatic carbocycles. The topological polar surface area (TPSA) is 50.7 Å². The first-order valence-electron chi connectivity index (χ1n) is 26.6. The average molecular weight is 947 g/mol. The number of aromatic nitrogens is 2. The van der Waals surface area contributed by atoms with E-state index in [0.29, 0.717) is 11.8 Å². The van der Waals surface area contributed by atoms with Gasteiger partial charge in [0.15, 0.2) is 0 Å². The van der Waals surface area contributed by atoms with Gasteiger partial charge in [-0.15, -0.1) is 0 Å². The van der Waals surface area contributed by atoms with Crippen LogP contribution < -0.4 is 52.1 Å². The van der Waals surface area contributed by atoms with Gasteiger partial charge in [0.25, 0.3) is 13.4 Å². The van der Waals surface area contributed by atoms with Crippen LogP contribution in [0.1, 0.15) is 156 Å². The van der Waals surface area contributed by atoms with Gasteiger partial charge in [-0.05, 0) is 140 Å². The number of rotatable bonds is 2. The molecule has 0 spiro atoms. The van der Waals surface area contributed by atoms with Crippen LogP contribution in [0.15, 0.2) is 109 Å². The van der Waals surface area contributed by atoms with Gasteiger partial charge in [0.05, 0.1) is 11.4 Å². The van der Waals surface area contributed by atoms with Crippen LogP contribution in [-0.2, 0) is 32.5 Å². The molecule has 0 fully saturated rings. The zero-order valence-corrected chi connectivity index (χ0v) is 45.0. The summed E-state index contributed by atoms with van der Waals surface area (Å²) in [6.07, 6.45) is 4.66. The van der Waals surface area contributed by atoms with Crippen molar-refractivity contribution in [2.24, 2.45) is 0 Å². The lowest BCUT2D eigenvalue weighted by molar-refractivity contribution is 0.332. The van der Waals surface area contributed by atoms with Crippen LogP contribution in [0.4, 0.5) is 34.1 Å². The zero-order chi connectivity index (χ0) is 50.4. The molecular weight excluding hydrogens is 878 g/mol. The molecule has 0 bridgehead atoms. The maximum Gasteiger partial charge on any atom is 0.258 e. The first-order valence-corrected chi connectivity index (χ1v) is 26.6. The Morgan fingerprint density at radius 3 is 1.18 bits per heavy atom. The average Bonchev–Trinajstić information content (AvgIpc) is 3.32. The lowest BCUT2D eigenvalue weighted by atomic mass is 9.31. The first kappa shape index (κ1) is 45.6. The standard InChI is InChI=1S/C64H68B2N4O2/c1-59(2,3)53-34-49-55-57(67-53)71-51-36-52-46(33-45(51)65(55)43-19-15-17-21-47(43)69(49)37-23-25-39-41(31-37)63(11,12)29-27-61(39,7)8)66-44-20-16-18-22-48(44)70(50-35-54(60(4,5)6)68-58(72-52)56(50)66)38-24-26-40-42(32-38)64(13,14)30-28-62(40,9)10/h15-26,31-36H,27-30H2,1-14H3. The smallest absolute Gasteiger partial charge is 0.258 e. The second-order valence-electron chi connectivity index (χ2n) is 26.8. The number of hydrogen-bond donors (Lipinski definition) is 0. The maximum absolute atomic E-state index is 7.22. The molecule has 7 aromatic rings. The van der Waals surface area contributed by atoms with Crippen LogP contribution in [0.3, 0.4) is 0 Å². The van der Waals surface area contributed by atoms with Crippen molar-refractivity contribution in [2.75, 3.05) is 9.80 Å². The Hall–Kier alpha value is -6.27. The molecule has 0 radical (unpaired) electrons. The number of para-hydroxylation sites is 2. The van der Waals surface area contributed by atoms with E-state index in [1.165, 1.54) is 68.8 Å². The van der Waals surface area contributed by atoms with Crippen molar-refractivity contribution in [3.63, 3.8) is 0 Å². The Morgan fingerprint density at radius 1 is 0.417 bits per heavy atom. The highest BCUT2D eigenvalue weighted by molar-refractivity contribution is 7.02. The summed E-state index contributed by atoms with van der Waals surface area (Å²) in [6.45, 7) is 32.5. The summed E-state index contributed by atoms with van der Waals surface area (Å²) in [5.41, 5.74) is 21.6. The van der Waals surface area contributed by atoms with Crippen LogP contribution in [0.25, 0.3) is 0 Å². The fraction of sp³-hybridized carbons (Fsp3) is 0.375. The Bertz CT molecular complexity index is 3270. The molecule has 0 unspecified atom stereocenters. The van der Waals surface area contributed by atoms with Crippen LogP contribution in [0.2, 0.25) is 0 Å². The number of benzene rings is 5. The van der Waals surface area contributed by atoms with Gasteiger partial charge in [0.1, 0.15) is 11.5 Å². The van der Waals surface area contributed by atoms with E-state index >= 15 is 0 Å². The number of fused-ring (bicyclic) bond motifs is 10. The normalized spacial score (nSPS) is 18.8. The number of pyridine rings is 2. The molecule has 4 aliphatic heterocycles. The molecule has 6 aliphatic rings. The number of ether oxygens (including phenoxy) is 2. The Kier molecular flexibility index (Phi) is 9.31. The van der Waals surface area contributed by atoms with E-state index in [4.69, 9.17) is 19.4 Å². The van der Waals surface area contributed by atoms with Crippen molar-refractivity contribution in [1.82, 2.24) is 9.97 Å². The summed E-state index contributed by atoms with van der Waals surface area (Å²) >= 11 is 0. The molecule has 72 heavy (non-hydrogen) atoms. The van der Waals surface area contributed by atoms with Crippen LogP contribution in [0.5, 0.6) is 23.3 Å². The summed E-state index contributed by atoms with van der Waals surface area (Å²) in [5, 5.41) is 0. The highest BCUT2D eigenvalue weighted by atomic mass is 16.5. The van der Waals surface area contributed by atoms with Gasteiger partial charge in [0, 0.05) is 61.9 Å². The van der Waals surface area contributed by atoms with Gasteiger partial charge in [-0.2, -0.15) is 0 Å². The number of anilines is 6. The van der Waals surface area contributed by atoms with Gasteiger partial charge < -0.3 is 19.3 Å². The summed E-state index contributed by atoms with van der Waals surface area (Å²) in [6, 6.07) is 41.9. The second kappa shape index (κ2) is 14.7. The van der Waals surface area contributed by atoms with Gasteiger partial charge in [-0.3, -0.25) is 0 Å². The second-order valence-corrected chi connectivity index (χ2v) is 26.8. The van der Waals surface area contributed by atoms with E-state index in [1.54, 1.807) is 0 Å². The minimum absolute atomic E-state index is 0.0574. The maximum atomic E-state index is 7.22. The summed E-state index contributed by atoms with van der Waals surface area (Å²) in [7, 11) is 0. The fourth-order valence-electron chi connectivity index (χ4n) is 13.4. The Morgan fingerprint density at radius 2 is 0.792 bits per heavy atom. The van der Waals surface area contributed by atoms with E-state index in [9.17, 15) is 0 Å². The predicted molar refractivity (Wildman–Crippen MR) is 302 cm³/mol. The van der Waals surface area contributed by atoms with Crippen molar-refractivity contribution in [1.29, 1.82) is 0 Å². The molecule has 13 rings (SSSR count). The lowest BCUT2D eigenvalue weighted by Gasteiger charge is -2.44. The van der Waals surface area contributed by atoms with E-state index in [2.05, 4.69) is 216 Å². The number of nitrogens with zero attached hydrogens (tertiary/aromatic N) is 4. The lowest BCUT2D eigenvalue weighted by Crippen LogP contribution is -2.63. The summed E-state index contributed by atoms with van der Waals surface area (Å²) in [5.74, 6) is 2.88. The molecule has 2 aromatic heterocycles. The minimum atomic E-state index is -0.236. The van der Waals surface area contributed by atoms with Crippen molar-refractivity contribution in [3.05, 3.63) is 143 Å². The fourth-order valence-corrected chi connectivity index (χ4v) is 13.4. The third-order valence-electron chi connectivity index (χ3n) is 17.9. The molecule has 8 heteroatoms. The third kappa shape index (κ3) is 6.55. The van der Waals surface area contributed by atoms with Crippen molar-refractivity contribution < 1.29 is 9.47 Å². The van der Waals surface area contributed by atoms with E-state index in [1.807, 2.05) is 0 Å². The van der Waals surface area contributed by atoms with Crippen molar-refractivity contribution in [3.8, 4) is 23.3 Å². The summed E-state index contributed by atoms with van der Waals surface area (Å²) in [4.78, 5) is 15.9. The van der Waals surface area contributed by atoms with E-state index in [-0.39, 0.29) is 45.9 Å². The Balaban J connectivity index is 1.02.